The van der Waals surface area contributed by atoms with Crippen LogP contribution in [0.1, 0.15) is 37.4 Å². The van der Waals surface area contributed by atoms with Crippen molar-refractivity contribution in [2.45, 2.75) is 6.92 Å². The van der Waals surface area contributed by atoms with Crippen molar-refractivity contribution in [3.63, 3.8) is 0 Å². The van der Waals surface area contributed by atoms with Crippen LogP contribution in [0.2, 0.25) is 0 Å². The lowest BCUT2D eigenvalue weighted by molar-refractivity contribution is 0.0973. The highest BCUT2D eigenvalue weighted by molar-refractivity contribution is 6.30. The number of aryl methyl sites for hydroxylation is 1. The fourth-order valence-corrected chi connectivity index (χ4v) is 2.60. The van der Waals surface area contributed by atoms with Crippen LogP contribution < -0.4 is 4.74 Å². The molecule has 0 atom stereocenters. The molecule has 3 rings (SSSR count). The van der Waals surface area contributed by atoms with Crippen molar-refractivity contribution < 1.29 is 24.5 Å². The third kappa shape index (κ3) is 1.71. The second kappa shape index (κ2) is 4.34. The van der Waals surface area contributed by atoms with Gasteiger partial charge in [0.1, 0.15) is 5.75 Å². The highest BCUT2D eigenvalue weighted by Gasteiger charge is 2.35. The lowest BCUT2D eigenvalue weighted by Crippen LogP contribution is -2.22. The van der Waals surface area contributed by atoms with Gasteiger partial charge in [-0.15, -0.1) is 0 Å². The first-order valence-electron chi connectivity index (χ1n) is 6.28. The number of ketones is 2. The molecule has 0 radical (unpaired) electrons. The molecular weight excluding hydrogens is 272 g/mol. The Morgan fingerprint density at radius 1 is 0.952 bits per heavy atom. The van der Waals surface area contributed by atoms with Gasteiger partial charge in [-0.25, -0.2) is 0 Å². The highest BCUT2D eigenvalue weighted by atomic mass is 16.5. The minimum absolute atomic E-state index is 0.0601. The van der Waals surface area contributed by atoms with E-state index in [4.69, 9.17) is 4.74 Å². The molecule has 0 unspecified atom stereocenters. The van der Waals surface area contributed by atoms with Crippen molar-refractivity contribution in [3.05, 3.63) is 52.1 Å². The summed E-state index contributed by atoms with van der Waals surface area (Å²) in [7, 11) is 1.43. The lowest BCUT2D eigenvalue weighted by atomic mass is 9.82. The second-order valence-electron chi connectivity index (χ2n) is 4.90. The number of ether oxygens (including phenoxy) is 1. The van der Waals surface area contributed by atoms with Gasteiger partial charge in [-0.3, -0.25) is 9.59 Å². The summed E-state index contributed by atoms with van der Waals surface area (Å²) in [6, 6.07) is 5.76. The molecule has 5 nitrogen and oxygen atoms in total. The molecule has 0 saturated heterocycles. The van der Waals surface area contributed by atoms with Crippen LogP contribution in [0.3, 0.4) is 0 Å². The van der Waals surface area contributed by atoms with Crippen LogP contribution in [-0.4, -0.2) is 28.9 Å². The molecule has 0 saturated carbocycles. The molecule has 2 aromatic carbocycles. The van der Waals surface area contributed by atoms with E-state index in [0.29, 0.717) is 5.75 Å². The summed E-state index contributed by atoms with van der Waals surface area (Å²) in [5, 5.41) is 19.4. The summed E-state index contributed by atoms with van der Waals surface area (Å²) in [5.41, 5.74) is 1.01. The Bertz CT molecular complexity index is 805. The van der Waals surface area contributed by atoms with E-state index in [-0.39, 0.29) is 22.3 Å². The van der Waals surface area contributed by atoms with E-state index < -0.39 is 23.1 Å². The van der Waals surface area contributed by atoms with Crippen LogP contribution in [0, 0.1) is 6.92 Å². The molecule has 106 valence electrons. The monoisotopic (exact) mass is 284 g/mol. The van der Waals surface area contributed by atoms with Gasteiger partial charge in [-0.1, -0.05) is 0 Å². The first kappa shape index (κ1) is 13.2. The van der Waals surface area contributed by atoms with E-state index >= 15 is 0 Å². The summed E-state index contributed by atoms with van der Waals surface area (Å²) in [6.07, 6.45) is 0. The molecule has 0 fully saturated rings. The number of fused-ring (bicyclic) bond motifs is 2. The number of hydrogen-bond donors (Lipinski definition) is 2. The van der Waals surface area contributed by atoms with E-state index in [0.717, 1.165) is 5.56 Å². The Balaban J connectivity index is 2.38. The maximum absolute atomic E-state index is 12.6. The molecule has 0 aliphatic heterocycles. The van der Waals surface area contributed by atoms with Crippen LogP contribution >= 0.6 is 0 Å². The topological polar surface area (TPSA) is 83.8 Å². The number of rotatable bonds is 1. The minimum atomic E-state index is -0.572. The van der Waals surface area contributed by atoms with Gasteiger partial charge in [0.25, 0.3) is 0 Å². The molecule has 0 heterocycles. The zero-order valence-electron chi connectivity index (χ0n) is 11.4. The Morgan fingerprint density at radius 2 is 1.62 bits per heavy atom. The smallest absolute Gasteiger partial charge is 0.198 e. The summed E-state index contributed by atoms with van der Waals surface area (Å²) >= 11 is 0. The van der Waals surface area contributed by atoms with Gasteiger partial charge in [0.05, 0.1) is 18.2 Å². The SMILES string of the molecule is COc1cc(C)cc2c1C(=O)c1ccc(O)c(O)c1C2=O. The van der Waals surface area contributed by atoms with Gasteiger partial charge in [0.15, 0.2) is 23.1 Å². The number of benzene rings is 2. The van der Waals surface area contributed by atoms with Gasteiger partial charge in [0.2, 0.25) is 0 Å². The van der Waals surface area contributed by atoms with E-state index in [2.05, 4.69) is 0 Å². The number of methoxy groups -OCH3 is 1. The molecule has 2 aromatic rings. The number of phenols is 2. The molecule has 2 N–H and O–H groups in total. The first-order valence-corrected chi connectivity index (χ1v) is 6.28. The van der Waals surface area contributed by atoms with Gasteiger partial charge in [-0.2, -0.15) is 0 Å². The van der Waals surface area contributed by atoms with Crippen molar-refractivity contribution in [3.8, 4) is 17.2 Å². The third-order valence-electron chi connectivity index (χ3n) is 3.57. The van der Waals surface area contributed by atoms with Crippen LogP contribution in [0.4, 0.5) is 0 Å². The molecule has 5 heteroatoms. The maximum atomic E-state index is 12.6. The zero-order valence-corrected chi connectivity index (χ0v) is 11.4. The average Bonchev–Trinajstić information content (AvgIpc) is 2.46. The molecule has 0 aromatic heterocycles. The fourth-order valence-electron chi connectivity index (χ4n) is 2.60. The van der Waals surface area contributed by atoms with Gasteiger partial charge < -0.3 is 14.9 Å². The number of carbonyl (C=O) groups excluding carboxylic acids is 2. The zero-order chi connectivity index (χ0) is 15.3. The molecule has 0 spiro atoms. The van der Waals surface area contributed by atoms with Crippen LogP contribution in [0.15, 0.2) is 24.3 Å². The Morgan fingerprint density at radius 3 is 2.29 bits per heavy atom. The largest absolute Gasteiger partial charge is 0.504 e. The fraction of sp³-hybridized carbons (Fsp3) is 0.125. The van der Waals surface area contributed by atoms with Crippen molar-refractivity contribution in [1.29, 1.82) is 0 Å². The molecule has 0 bridgehead atoms. The van der Waals surface area contributed by atoms with Gasteiger partial charge >= 0.3 is 0 Å². The molecule has 1 aliphatic rings. The first-order chi connectivity index (χ1) is 9.95. The Kier molecular flexibility index (Phi) is 2.73. The van der Waals surface area contributed by atoms with E-state index in [1.54, 1.807) is 19.1 Å². The summed E-state index contributed by atoms with van der Waals surface area (Å²) in [6.45, 7) is 1.78. The normalized spacial score (nSPS) is 12.9. The van der Waals surface area contributed by atoms with Crippen molar-refractivity contribution in [2.75, 3.05) is 7.11 Å². The Hall–Kier alpha value is -2.82. The van der Waals surface area contributed by atoms with E-state index in [1.807, 2.05) is 0 Å². The van der Waals surface area contributed by atoms with E-state index in [1.165, 1.54) is 19.2 Å². The molecular formula is C16H12O5. The summed E-state index contributed by atoms with van der Waals surface area (Å²) in [5.74, 6) is -1.60. The molecule has 0 amide bonds. The van der Waals surface area contributed by atoms with Gasteiger partial charge in [-0.05, 0) is 36.8 Å². The standard InChI is InChI=1S/C16H12O5/c1-7-5-9-12(11(6-7)21-2)14(18)8-3-4-10(17)16(20)13(8)15(9)19/h3-6,17,20H,1-2H3. The predicted octanol–water partition coefficient (Wildman–Crippen LogP) is 2.19. The second-order valence-corrected chi connectivity index (χ2v) is 4.90. The molecule has 21 heavy (non-hydrogen) atoms. The van der Waals surface area contributed by atoms with Crippen molar-refractivity contribution in [1.82, 2.24) is 0 Å². The number of phenolic OH excluding ortho intramolecular Hbond substituents is 2. The minimum Gasteiger partial charge on any atom is -0.504 e. The maximum Gasteiger partial charge on any atom is 0.198 e. The number of hydrogen-bond acceptors (Lipinski definition) is 5. The number of carbonyl (C=O) groups is 2. The van der Waals surface area contributed by atoms with E-state index in [9.17, 15) is 19.8 Å². The van der Waals surface area contributed by atoms with Crippen LogP contribution in [0.25, 0.3) is 0 Å². The number of aromatic hydroxyl groups is 2. The van der Waals surface area contributed by atoms with Crippen molar-refractivity contribution >= 4 is 11.6 Å². The van der Waals surface area contributed by atoms with Crippen molar-refractivity contribution in [2.24, 2.45) is 0 Å². The highest BCUT2D eigenvalue weighted by Crippen LogP contribution is 2.40. The van der Waals surface area contributed by atoms with Crippen LogP contribution in [-0.2, 0) is 0 Å². The summed E-state index contributed by atoms with van der Waals surface area (Å²) < 4.78 is 5.20. The predicted molar refractivity (Wildman–Crippen MR) is 74.4 cm³/mol. The Labute approximate surface area is 120 Å². The lowest BCUT2D eigenvalue weighted by Gasteiger charge is -2.21. The van der Waals surface area contributed by atoms with Crippen LogP contribution in [0.5, 0.6) is 17.2 Å². The summed E-state index contributed by atoms with van der Waals surface area (Å²) in [4.78, 5) is 25.2. The molecule has 1 aliphatic carbocycles. The third-order valence-corrected chi connectivity index (χ3v) is 3.57. The van der Waals surface area contributed by atoms with Gasteiger partial charge in [0, 0.05) is 11.1 Å². The quantitative estimate of drug-likeness (QED) is 0.669. The average molecular weight is 284 g/mol.